The van der Waals surface area contributed by atoms with Crippen LogP contribution in [-0.4, -0.2) is 41.8 Å². The molecule has 3 rings (SSSR count). The molecule has 3 aromatic rings. The van der Waals surface area contributed by atoms with Crippen molar-refractivity contribution < 1.29 is 28.6 Å². The lowest BCUT2D eigenvalue weighted by atomic mass is 10.1. The van der Waals surface area contributed by atoms with E-state index in [1.54, 1.807) is 54.6 Å². The number of carboxylic acid groups (broad SMARTS) is 1. The van der Waals surface area contributed by atoms with Gasteiger partial charge in [-0.1, -0.05) is 36.4 Å². The van der Waals surface area contributed by atoms with Gasteiger partial charge in [0.15, 0.2) is 6.61 Å². The Labute approximate surface area is 183 Å². The Kier molecular flexibility index (Phi) is 7.37. The summed E-state index contributed by atoms with van der Waals surface area (Å²) in [5.74, 6) is -0.827. The van der Waals surface area contributed by atoms with Gasteiger partial charge in [0.2, 0.25) is 0 Å². The summed E-state index contributed by atoms with van der Waals surface area (Å²) in [4.78, 5) is 35.4. The number of hydrazone groups is 1. The molecule has 0 saturated heterocycles. The molecule has 0 fully saturated rings. The molecule has 1 heterocycles. The molecule has 0 saturated carbocycles. The lowest BCUT2D eigenvalue weighted by Crippen LogP contribution is -2.45. The minimum atomic E-state index is -1.07. The highest BCUT2D eigenvalue weighted by Gasteiger charge is 2.16. The van der Waals surface area contributed by atoms with E-state index in [9.17, 15) is 19.5 Å². The molecule has 0 aliphatic carbocycles. The van der Waals surface area contributed by atoms with Crippen LogP contribution in [0.3, 0.4) is 0 Å². The Morgan fingerprint density at radius 2 is 1.78 bits per heavy atom. The number of para-hydroxylation sites is 1. The van der Waals surface area contributed by atoms with E-state index in [1.165, 1.54) is 19.2 Å². The van der Waals surface area contributed by atoms with Crippen LogP contribution in [0.15, 0.2) is 76.2 Å². The Morgan fingerprint density at radius 3 is 2.53 bits per heavy atom. The van der Waals surface area contributed by atoms with Crippen LogP contribution in [0.2, 0.25) is 0 Å². The van der Waals surface area contributed by atoms with Crippen LogP contribution in [0.25, 0.3) is 11.3 Å². The lowest BCUT2D eigenvalue weighted by Gasteiger charge is -2.12. The molecule has 0 bridgehead atoms. The fraction of sp³-hybridized carbons (Fsp3) is 0.130. The number of nitrogens with zero attached hydrogens (tertiary/aromatic N) is 1. The summed E-state index contributed by atoms with van der Waals surface area (Å²) in [6.45, 7) is 1.29. The van der Waals surface area contributed by atoms with Crippen LogP contribution in [0, 0.1) is 0 Å². The number of nitrogens with one attached hydrogen (secondary N) is 2. The topological polar surface area (TPSA) is 130 Å². The molecule has 0 radical (unpaired) electrons. The van der Waals surface area contributed by atoms with Gasteiger partial charge < -0.3 is 19.6 Å². The molecule has 2 aromatic carbocycles. The van der Waals surface area contributed by atoms with Gasteiger partial charge >= 0.3 is 5.97 Å². The first kappa shape index (κ1) is 22.3. The molecule has 0 spiro atoms. The number of aromatic carboxylic acids is 1. The Balaban J connectivity index is 1.50. The van der Waals surface area contributed by atoms with Crippen molar-refractivity contribution in [2.45, 2.75) is 13.0 Å². The summed E-state index contributed by atoms with van der Waals surface area (Å²) in [6.07, 6.45) is 1.28. The zero-order chi connectivity index (χ0) is 22.9. The van der Waals surface area contributed by atoms with Gasteiger partial charge in [0.05, 0.1) is 11.8 Å². The summed E-state index contributed by atoms with van der Waals surface area (Å²) in [5, 5.41) is 15.6. The summed E-state index contributed by atoms with van der Waals surface area (Å²) in [5.41, 5.74) is 2.85. The number of rotatable bonds is 9. The number of amides is 2. The van der Waals surface area contributed by atoms with E-state index < -0.39 is 23.8 Å². The van der Waals surface area contributed by atoms with Crippen molar-refractivity contribution in [1.29, 1.82) is 0 Å². The standard InChI is InChI=1S/C23H21N3O6/c1-15(25-21(27)14-31-16-7-3-2-4-8-16)22(28)26-24-13-17-11-12-20(32-17)18-9-5-6-10-19(18)23(29)30/h2-13,15H,14H2,1H3,(H,25,27)(H,26,28)(H,29,30)/b24-13-/t15-/m0/s1. The molecule has 3 N–H and O–H groups in total. The molecular formula is C23H21N3O6. The molecule has 0 unspecified atom stereocenters. The fourth-order valence-corrected chi connectivity index (χ4v) is 2.72. The fourth-order valence-electron chi connectivity index (χ4n) is 2.72. The van der Waals surface area contributed by atoms with Gasteiger partial charge in [-0.15, -0.1) is 0 Å². The molecule has 9 nitrogen and oxygen atoms in total. The molecule has 1 aromatic heterocycles. The Bertz CT molecular complexity index is 1120. The normalized spacial score (nSPS) is 11.7. The van der Waals surface area contributed by atoms with Crippen molar-refractivity contribution in [2.24, 2.45) is 5.10 Å². The van der Waals surface area contributed by atoms with Crippen LogP contribution in [0.5, 0.6) is 5.75 Å². The average molecular weight is 435 g/mol. The first-order chi connectivity index (χ1) is 15.4. The number of hydrogen-bond acceptors (Lipinski definition) is 6. The molecule has 1 atom stereocenters. The summed E-state index contributed by atoms with van der Waals surface area (Å²) in [7, 11) is 0. The SMILES string of the molecule is C[C@H](NC(=O)COc1ccccc1)C(=O)N/N=C\c1ccc(-c2ccccc2C(=O)O)o1. The van der Waals surface area contributed by atoms with E-state index in [0.29, 0.717) is 22.8 Å². The van der Waals surface area contributed by atoms with E-state index in [-0.39, 0.29) is 12.2 Å². The van der Waals surface area contributed by atoms with Gasteiger partial charge in [0.1, 0.15) is 23.3 Å². The maximum absolute atomic E-state index is 12.1. The summed E-state index contributed by atoms with van der Waals surface area (Å²) >= 11 is 0. The van der Waals surface area contributed by atoms with E-state index >= 15 is 0 Å². The van der Waals surface area contributed by atoms with Gasteiger partial charge in [0.25, 0.3) is 11.8 Å². The van der Waals surface area contributed by atoms with Crippen molar-refractivity contribution in [1.82, 2.24) is 10.7 Å². The summed E-state index contributed by atoms with van der Waals surface area (Å²) in [6, 6.07) is 17.7. The average Bonchev–Trinajstić information content (AvgIpc) is 3.27. The third kappa shape index (κ3) is 6.05. The molecule has 0 aliphatic heterocycles. The second-order valence-electron chi connectivity index (χ2n) is 6.68. The van der Waals surface area contributed by atoms with Crippen molar-refractivity contribution in [3.8, 4) is 17.1 Å². The number of carbonyl (C=O) groups excluding carboxylic acids is 2. The van der Waals surface area contributed by atoms with Gasteiger partial charge in [-0.2, -0.15) is 5.10 Å². The minimum Gasteiger partial charge on any atom is -0.484 e. The Hall–Kier alpha value is -4.40. The van der Waals surface area contributed by atoms with E-state index in [2.05, 4.69) is 15.8 Å². The van der Waals surface area contributed by atoms with Crippen LogP contribution in [0.1, 0.15) is 23.0 Å². The first-order valence-electron chi connectivity index (χ1n) is 9.66. The maximum Gasteiger partial charge on any atom is 0.336 e. The highest BCUT2D eigenvalue weighted by Crippen LogP contribution is 2.25. The second kappa shape index (κ2) is 10.6. The first-order valence-corrected chi connectivity index (χ1v) is 9.66. The zero-order valence-electron chi connectivity index (χ0n) is 17.1. The maximum atomic E-state index is 12.1. The highest BCUT2D eigenvalue weighted by molar-refractivity contribution is 5.95. The van der Waals surface area contributed by atoms with Crippen molar-refractivity contribution in [3.05, 3.63) is 78.1 Å². The summed E-state index contributed by atoms with van der Waals surface area (Å²) < 4.78 is 10.9. The quantitative estimate of drug-likeness (QED) is 0.350. The van der Waals surface area contributed by atoms with Crippen molar-refractivity contribution in [3.63, 3.8) is 0 Å². The van der Waals surface area contributed by atoms with Gasteiger partial charge in [0, 0.05) is 5.56 Å². The largest absolute Gasteiger partial charge is 0.484 e. The molecular weight excluding hydrogens is 414 g/mol. The monoisotopic (exact) mass is 435 g/mol. The highest BCUT2D eigenvalue weighted by atomic mass is 16.5. The van der Waals surface area contributed by atoms with Gasteiger partial charge in [-0.05, 0) is 37.3 Å². The van der Waals surface area contributed by atoms with E-state index in [1.807, 2.05) is 6.07 Å². The second-order valence-corrected chi connectivity index (χ2v) is 6.68. The lowest BCUT2D eigenvalue weighted by molar-refractivity contribution is -0.129. The van der Waals surface area contributed by atoms with E-state index in [0.717, 1.165) is 0 Å². The molecule has 9 heteroatoms. The number of hydrogen-bond donors (Lipinski definition) is 3. The molecule has 32 heavy (non-hydrogen) atoms. The zero-order valence-corrected chi connectivity index (χ0v) is 17.1. The molecule has 0 aliphatic rings. The van der Waals surface area contributed by atoms with Crippen LogP contribution in [0.4, 0.5) is 0 Å². The molecule has 164 valence electrons. The predicted octanol–water partition coefficient (Wildman–Crippen LogP) is 2.68. The Morgan fingerprint density at radius 1 is 1.06 bits per heavy atom. The van der Waals surface area contributed by atoms with Gasteiger partial charge in [-0.3, -0.25) is 9.59 Å². The number of furan rings is 1. The number of ether oxygens (including phenoxy) is 1. The van der Waals surface area contributed by atoms with Crippen LogP contribution < -0.4 is 15.5 Å². The predicted molar refractivity (Wildman–Crippen MR) is 116 cm³/mol. The van der Waals surface area contributed by atoms with Crippen molar-refractivity contribution >= 4 is 24.0 Å². The number of carbonyl (C=O) groups is 3. The van der Waals surface area contributed by atoms with Crippen molar-refractivity contribution in [2.75, 3.05) is 6.61 Å². The number of carboxylic acids is 1. The smallest absolute Gasteiger partial charge is 0.336 e. The van der Waals surface area contributed by atoms with Crippen LogP contribution in [-0.2, 0) is 9.59 Å². The van der Waals surface area contributed by atoms with E-state index in [4.69, 9.17) is 9.15 Å². The third-order valence-corrected chi connectivity index (χ3v) is 4.30. The minimum absolute atomic E-state index is 0.111. The van der Waals surface area contributed by atoms with Crippen LogP contribution >= 0.6 is 0 Å². The molecule has 2 amide bonds. The number of benzene rings is 2. The third-order valence-electron chi connectivity index (χ3n) is 4.30. The van der Waals surface area contributed by atoms with Gasteiger partial charge in [-0.25, -0.2) is 10.2 Å².